The first kappa shape index (κ1) is 18.6. The van der Waals surface area contributed by atoms with Crippen LogP contribution in [0.25, 0.3) is 0 Å². The lowest BCUT2D eigenvalue weighted by Crippen LogP contribution is -2.36. The van der Waals surface area contributed by atoms with Crippen molar-refractivity contribution in [3.8, 4) is 0 Å². The fourth-order valence-corrected chi connectivity index (χ4v) is 3.60. The van der Waals surface area contributed by atoms with Gasteiger partial charge in [-0.2, -0.15) is 0 Å². The Kier molecular flexibility index (Phi) is 5.74. The zero-order chi connectivity index (χ0) is 18.7. The summed E-state index contributed by atoms with van der Waals surface area (Å²) in [5, 5.41) is 8.18. The summed E-state index contributed by atoms with van der Waals surface area (Å²) in [6.07, 6.45) is 0.325. The fraction of sp³-hybridized carbons (Fsp3) is 0.316. The van der Waals surface area contributed by atoms with Gasteiger partial charge in [0.2, 0.25) is 11.8 Å². The number of hydrogen-bond donors (Lipinski definition) is 2. The zero-order valence-corrected chi connectivity index (χ0v) is 16.2. The number of rotatable bonds is 5. The van der Waals surface area contributed by atoms with Gasteiger partial charge in [0.15, 0.2) is 0 Å². The van der Waals surface area contributed by atoms with Crippen LogP contribution in [0.4, 0.5) is 0 Å². The average molecular weight is 390 g/mol. The molecule has 26 heavy (non-hydrogen) atoms. The van der Waals surface area contributed by atoms with Crippen molar-refractivity contribution >= 4 is 40.6 Å². The molecule has 0 spiro atoms. The van der Waals surface area contributed by atoms with E-state index in [-0.39, 0.29) is 23.8 Å². The van der Waals surface area contributed by atoms with E-state index in [0.29, 0.717) is 29.4 Å². The SMILES string of the molecule is CC(C)C(=O)NCc1ccc(Cl)c(C2=NC(c3cccs3)CC(=O)N2)c1. The third-order valence-electron chi connectivity index (χ3n) is 4.07. The first-order valence-corrected chi connectivity index (χ1v) is 9.67. The molecule has 3 rings (SSSR count). The Hall–Kier alpha value is -2.18. The maximum absolute atomic E-state index is 12.2. The van der Waals surface area contributed by atoms with Gasteiger partial charge in [0, 0.05) is 22.9 Å². The van der Waals surface area contributed by atoms with Crippen molar-refractivity contribution in [3.05, 3.63) is 56.7 Å². The molecule has 1 aromatic carbocycles. The van der Waals surface area contributed by atoms with Gasteiger partial charge in [-0.25, -0.2) is 0 Å². The molecule has 1 unspecified atom stereocenters. The number of amidine groups is 1. The molecule has 136 valence electrons. The fourth-order valence-electron chi connectivity index (χ4n) is 2.63. The number of halogens is 1. The van der Waals surface area contributed by atoms with Crippen LogP contribution < -0.4 is 10.6 Å². The Morgan fingerprint density at radius 3 is 2.92 bits per heavy atom. The van der Waals surface area contributed by atoms with Crippen LogP contribution >= 0.6 is 22.9 Å². The lowest BCUT2D eigenvalue weighted by Gasteiger charge is -2.21. The first-order valence-electron chi connectivity index (χ1n) is 8.41. The highest BCUT2D eigenvalue weighted by molar-refractivity contribution is 7.10. The van der Waals surface area contributed by atoms with Crippen molar-refractivity contribution in [1.29, 1.82) is 0 Å². The molecule has 0 saturated carbocycles. The lowest BCUT2D eigenvalue weighted by atomic mass is 10.1. The molecule has 5 nitrogen and oxygen atoms in total. The summed E-state index contributed by atoms with van der Waals surface area (Å²) < 4.78 is 0. The molecular formula is C19H20ClN3O2S. The minimum Gasteiger partial charge on any atom is -0.352 e. The zero-order valence-electron chi connectivity index (χ0n) is 14.6. The predicted octanol–water partition coefficient (Wildman–Crippen LogP) is 3.68. The van der Waals surface area contributed by atoms with Crippen molar-refractivity contribution in [2.75, 3.05) is 0 Å². The average Bonchev–Trinajstić information content (AvgIpc) is 3.14. The molecule has 1 atom stereocenters. The molecule has 7 heteroatoms. The normalized spacial score (nSPS) is 17.0. The number of carbonyl (C=O) groups excluding carboxylic acids is 2. The van der Waals surface area contributed by atoms with Gasteiger partial charge in [-0.15, -0.1) is 11.3 Å². The van der Waals surface area contributed by atoms with E-state index >= 15 is 0 Å². The summed E-state index contributed by atoms with van der Waals surface area (Å²) >= 11 is 7.93. The van der Waals surface area contributed by atoms with E-state index in [1.807, 2.05) is 43.5 Å². The van der Waals surface area contributed by atoms with Crippen LogP contribution in [0.1, 0.15) is 42.3 Å². The van der Waals surface area contributed by atoms with Gasteiger partial charge in [0.1, 0.15) is 5.84 Å². The smallest absolute Gasteiger partial charge is 0.228 e. The summed E-state index contributed by atoms with van der Waals surface area (Å²) in [5.74, 6) is 0.308. The Morgan fingerprint density at radius 2 is 2.23 bits per heavy atom. The van der Waals surface area contributed by atoms with Crippen LogP contribution in [-0.4, -0.2) is 17.6 Å². The number of benzene rings is 1. The van der Waals surface area contributed by atoms with Crippen LogP contribution in [0.15, 0.2) is 40.7 Å². The predicted molar refractivity (Wildman–Crippen MR) is 104 cm³/mol. The van der Waals surface area contributed by atoms with Gasteiger partial charge >= 0.3 is 0 Å². The molecule has 2 aromatic rings. The van der Waals surface area contributed by atoms with Gasteiger partial charge in [-0.05, 0) is 29.1 Å². The minimum atomic E-state index is -0.195. The molecule has 0 radical (unpaired) electrons. The number of thiophene rings is 1. The van der Waals surface area contributed by atoms with Crippen LogP contribution in [0, 0.1) is 5.92 Å². The van der Waals surface area contributed by atoms with E-state index in [4.69, 9.17) is 16.6 Å². The second-order valence-electron chi connectivity index (χ2n) is 6.45. The third kappa shape index (κ3) is 4.31. The second kappa shape index (κ2) is 8.01. The van der Waals surface area contributed by atoms with Crippen molar-refractivity contribution in [1.82, 2.24) is 10.6 Å². The molecule has 0 fully saturated rings. The lowest BCUT2D eigenvalue weighted by molar-refractivity contribution is -0.124. The van der Waals surface area contributed by atoms with Crippen molar-refractivity contribution in [2.45, 2.75) is 32.9 Å². The highest BCUT2D eigenvalue weighted by Gasteiger charge is 2.25. The van der Waals surface area contributed by atoms with Gasteiger partial charge in [0.25, 0.3) is 0 Å². The molecule has 1 aromatic heterocycles. The quantitative estimate of drug-likeness (QED) is 0.818. The summed E-state index contributed by atoms with van der Waals surface area (Å²) in [5.41, 5.74) is 1.56. The largest absolute Gasteiger partial charge is 0.352 e. The summed E-state index contributed by atoms with van der Waals surface area (Å²) in [6, 6.07) is 9.21. The summed E-state index contributed by atoms with van der Waals surface area (Å²) in [6.45, 7) is 4.09. The van der Waals surface area contributed by atoms with Gasteiger partial charge in [0.05, 0.1) is 17.5 Å². The maximum atomic E-state index is 12.2. The highest BCUT2D eigenvalue weighted by atomic mass is 35.5. The molecule has 2 N–H and O–H groups in total. The molecule has 1 aliphatic rings. The van der Waals surface area contributed by atoms with Gasteiger partial charge < -0.3 is 10.6 Å². The molecule has 0 bridgehead atoms. The molecule has 2 amide bonds. The van der Waals surface area contributed by atoms with E-state index in [1.54, 1.807) is 17.4 Å². The Morgan fingerprint density at radius 1 is 1.42 bits per heavy atom. The first-order chi connectivity index (χ1) is 12.4. The molecule has 2 heterocycles. The van der Waals surface area contributed by atoms with E-state index in [0.717, 1.165) is 10.4 Å². The number of hydrogen-bond acceptors (Lipinski definition) is 4. The van der Waals surface area contributed by atoms with E-state index in [2.05, 4.69) is 10.6 Å². The number of aliphatic imine (C=N–C) groups is 1. The minimum absolute atomic E-state index is 0.0115. The number of amides is 2. The van der Waals surface area contributed by atoms with E-state index in [9.17, 15) is 9.59 Å². The standard InChI is InChI=1S/C19H20ClN3O2S/c1-11(2)19(25)21-10-12-5-6-14(20)13(8-12)18-22-15(9-17(24)23-18)16-4-3-7-26-16/h3-8,11,15H,9-10H2,1-2H3,(H,21,25)(H,22,23,24). The molecule has 1 aliphatic heterocycles. The summed E-state index contributed by atoms with van der Waals surface area (Å²) in [4.78, 5) is 29.7. The molecule has 0 saturated heterocycles. The van der Waals surface area contributed by atoms with E-state index in [1.165, 1.54) is 0 Å². The van der Waals surface area contributed by atoms with E-state index < -0.39 is 0 Å². The van der Waals surface area contributed by atoms with Crippen LogP contribution in [0.2, 0.25) is 5.02 Å². The van der Waals surface area contributed by atoms with Crippen LogP contribution in [0.3, 0.4) is 0 Å². The van der Waals surface area contributed by atoms with Crippen molar-refractivity contribution < 1.29 is 9.59 Å². The van der Waals surface area contributed by atoms with Gasteiger partial charge in [-0.3, -0.25) is 14.6 Å². The topological polar surface area (TPSA) is 70.6 Å². The Bertz CT molecular complexity index is 846. The number of carbonyl (C=O) groups is 2. The second-order valence-corrected chi connectivity index (χ2v) is 7.83. The highest BCUT2D eigenvalue weighted by Crippen LogP contribution is 2.29. The monoisotopic (exact) mass is 389 g/mol. The number of nitrogens with one attached hydrogen (secondary N) is 2. The number of nitrogens with zero attached hydrogens (tertiary/aromatic N) is 1. The Labute approximate surface area is 161 Å². The van der Waals surface area contributed by atoms with Gasteiger partial charge in [-0.1, -0.05) is 37.6 Å². The van der Waals surface area contributed by atoms with Crippen LogP contribution in [-0.2, 0) is 16.1 Å². The maximum Gasteiger partial charge on any atom is 0.228 e. The Balaban J connectivity index is 1.86. The van der Waals surface area contributed by atoms with Crippen molar-refractivity contribution in [3.63, 3.8) is 0 Å². The molecular weight excluding hydrogens is 370 g/mol. The summed E-state index contributed by atoms with van der Waals surface area (Å²) in [7, 11) is 0. The van der Waals surface area contributed by atoms with Crippen LogP contribution in [0.5, 0.6) is 0 Å². The molecule has 0 aliphatic carbocycles. The third-order valence-corrected chi connectivity index (χ3v) is 5.37. The van der Waals surface area contributed by atoms with Crippen molar-refractivity contribution in [2.24, 2.45) is 10.9 Å².